The van der Waals surface area contributed by atoms with Crippen molar-refractivity contribution in [3.05, 3.63) is 82.3 Å². The largest absolute Gasteiger partial charge is 0.399 e. The zero-order chi connectivity index (χ0) is 17.1. The number of nitrogens with two attached hydrogens (primary N) is 1. The summed E-state index contributed by atoms with van der Waals surface area (Å²) in [6, 6.07) is 20.0. The third kappa shape index (κ3) is 3.53. The summed E-state index contributed by atoms with van der Waals surface area (Å²) in [4.78, 5) is 12.5. The summed E-state index contributed by atoms with van der Waals surface area (Å²) in [6.07, 6.45) is 0. The quantitative estimate of drug-likeness (QED) is 0.609. The molecule has 0 saturated carbocycles. The van der Waals surface area contributed by atoms with Gasteiger partial charge in [0, 0.05) is 11.4 Å². The van der Waals surface area contributed by atoms with E-state index in [1.807, 2.05) is 42.5 Å². The van der Waals surface area contributed by atoms with E-state index < -0.39 is 0 Å². The van der Waals surface area contributed by atoms with E-state index in [1.165, 1.54) is 0 Å². The molecular weight excluding hydrogens is 343 g/mol. The molecule has 0 radical (unpaired) electrons. The minimum atomic E-state index is -0.352. The lowest BCUT2D eigenvalue weighted by molar-refractivity contribution is 0.102. The second kappa shape index (κ2) is 6.95. The van der Waals surface area contributed by atoms with Gasteiger partial charge in [0.15, 0.2) is 0 Å². The molecule has 0 aromatic heterocycles. The zero-order valence-corrected chi connectivity index (χ0v) is 14.1. The highest BCUT2D eigenvalue weighted by Crippen LogP contribution is 2.27. The van der Waals surface area contributed by atoms with E-state index in [0.29, 0.717) is 21.4 Å². The van der Waals surface area contributed by atoms with Crippen LogP contribution in [0.2, 0.25) is 10.0 Å². The number of carbonyl (C=O) groups excluding carboxylic acids is 1. The normalized spacial score (nSPS) is 10.4. The number of benzene rings is 3. The fourth-order valence-corrected chi connectivity index (χ4v) is 2.97. The highest BCUT2D eigenvalue weighted by molar-refractivity contribution is 6.40. The molecule has 0 unspecified atom stereocenters. The summed E-state index contributed by atoms with van der Waals surface area (Å²) in [5, 5.41) is 3.45. The van der Waals surface area contributed by atoms with Gasteiger partial charge in [0.25, 0.3) is 5.91 Å². The number of rotatable bonds is 3. The lowest BCUT2D eigenvalue weighted by atomic mass is 10.0. The van der Waals surface area contributed by atoms with Crippen LogP contribution in [-0.2, 0) is 0 Å². The fraction of sp³-hybridized carbons (Fsp3) is 0. The number of nitrogens with one attached hydrogen (secondary N) is 1. The first-order valence-electron chi connectivity index (χ1n) is 7.26. The predicted octanol–water partition coefficient (Wildman–Crippen LogP) is 5.49. The summed E-state index contributed by atoms with van der Waals surface area (Å²) in [5.74, 6) is -0.352. The van der Waals surface area contributed by atoms with Crippen molar-refractivity contribution in [1.82, 2.24) is 0 Å². The summed E-state index contributed by atoms with van der Waals surface area (Å²) in [7, 11) is 0. The Bertz CT molecular complexity index is 889. The molecule has 0 bridgehead atoms. The van der Waals surface area contributed by atoms with E-state index in [2.05, 4.69) is 5.32 Å². The average molecular weight is 357 g/mol. The maximum absolute atomic E-state index is 12.5. The Kier molecular flexibility index (Phi) is 4.74. The van der Waals surface area contributed by atoms with Crippen LogP contribution in [0.3, 0.4) is 0 Å². The Morgan fingerprint density at radius 2 is 1.42 bits per heavy atom. The Morgan fingerprint density at radius 3 is 2.08 bits per heavy atom. The minimum absolute atomic E-state index is 0.259. The summed E-state index contributed by atoms with van der Waals surface area (Å²) in [6.45, 7) is 0. The number of carbonyl (C=O) groups is 1. The monoisotopic (exact) mass is 356 g/mol. The molecule has 0 spiro atoms. The van der Waals surface area contributed by atoms with Crippen LogP contribution in [0.15, 0.2) is 66.7 Å². The molecule has 0 aliphatic heterocycles. The Balaban J connectivity index is 1.89. The smallest absolute Gasteiger partial charge is 0.258 e. The molecule has 0 fully saturated rings. The number of hydrogen-bond donors (Lipinski definition) is 2. The van der Waals surface area contributed by atoms with E-state index in [0.717, 1.165) is 11.1 Å². The SMILES string of the molecule is Nc1cccc(-c2cccc(NC(=O)c3c(Cl)cccc3Cl)c2)c1. The van der Waals surface area contributed by atoms with E-state index in [-0.39, 0.29) is 11.5 Å². The van der Waals surface area contributed by atoms with Gasteiger partial charge in [0.05, 0.1) is 15.6 Å². The molecule has 3 N–H and O–H groups in total. The van der Waals surface area contributed by atoms with Crippen molar-refractivity contribution in [2.24, 2.45) is 0 Å². The second-order valence-electron chi connectivity index (χ2n) is 5.26. The zero-order valence-electron chi connectivity index (χ0n) is 12.6. The van der Waals surface area contributed by atoms with Gasteiger partial charge in [-0.3, -0.25) is 4.79 Å². The highest BCUT2D eigenvalue weighted by atomic mass is 35.5. The van der Waals surface area contributed by atoms with Crippen LogP contribution < -0.4 is 11.1 Å². The maximum atomic E-state index is 12.5. The second-order valence-corrected chi connectivity index (χ2v) is 6.07. The topological polar surface area (TPSA) is 55.1 Å². The molecule has 24 heavy (non-hydrogen) atoms. The molecular formula is C19H14Cl2N2O. The van der Waals surface area contributed by atoms with Gasteiger partial charge in [-0.1, -0.05) is 53.5 Å². The van der Waals surface area contributed by atoms with Crippen molar-refractivity contribution < 1.29 is 4.79 Å². The van der Waals surface area contributed by atoms with Crippen molar-refractivity contribution >= 4 is 40.5 Å². The summed E-state index contributed by atoms with van der Waals surface area (Å²) in [5.41, 5.74) is 9.34. The van der Waals surface area contributed by atoms with Gasteiger partial charge in [0.2, 0.25) is 0 Å². The van der Waals surface area contributed by atoms with Crippen molar-refractivity contribution in [1.29, 1.82) is 0 Å². The van der Waals surface area contributed by atoms with E-state index in [4.69, 9.17) is 28.9 Å². The average Bonchev–Trinajstić information content (AvgIpc) is 2.55. The van der Waals surface area contributed by atoms with Gasteiger partial charge in [-0.25, -0.2) is 0 Å². The van der Waals surface area contributed by atoms with Gasteiger partial charge in [-0.2, -0.15) is 0 Å². The van der Waals surface area contributed by atoms with Gasteiger partial charge in [-0.15, -0.1) is 0 Å². The molecule has 0 aliphatic carbocycles. The molecule has 3 nitrogen and oxygen atoms in total. The van der Waals surface area contributed by atoms with Crippen molar-refractivity contribution in [3.63, 3.8) is 0 Å². The van der Waals surface area contributed by atoms with Gasteiger partial charge >= 0.3 is 0 Å². The maximum Gasteiger partial charge on any atom is 0.258 e. The molecule has 120 valence electrons. The van der Waals surface area contributed by atoms with E-state index >= 15 is 0 Å². The first-order chi connectivity index (χ1) is 11.5. The Morgan fingerprint density at radius 1 is 0.833 bits per heavy atom. The van der Waals surface area contributed by atoms with Crippen LogP contribution in [0, 0.1) is 0 Å². The van der Waals surface area contributed by atoms with Crippen molar-refractivity contribution in [2.45, 2.75) is 0 Å². The molecule has 0 heterocycles. The minimum Gasteiger partial charge on any atom is -0.399 e. The fourth-order valence-electron chi connectivity index (χ4n) is 2.40. The summed E-state index contributed by atoms with van der Waals surface area (Å²) >= 11 is 12.2. The third-order valence-electron chi connectivity index (χ3n) is 3.53. The molecule has 0 aliphatic rings. The molecule has 3 aromatic rings. The van der Waals surface area contributed by atoms with Crippen LogP contribution in [0.25, 0.3) is 11.1 Å². The number of hydrogen-bond acceptors (Lipinski definition) is 2. The lowest BCUT2D eigenvalue weighted by Gasteiger charge is -2.10. The molecule has 3 rings (SSSR count). The summed E-state index contributed by atoms with van der Waals surface area (Å²) < 4.78 is 0. The van der Waals surface area contributed by atoms with Gasteiger partial charge in [0.1, 0.15) is 0 Å². The Hall–Kier alpha value is -2.49. The Labute approximate surface area is 150 Å². The predicted molar refractivity (Wildman–Crippen MR) is 101 cm³/mol. The van der Waals surface area contributed by atoms with Crippen LogP contribution in [-0.4, -0.2) is 5.91 Å². The number of anilines is 2. The first-order valence-corrected chi connectivity index (χ1v) is 8.01. The van der Waals surface area contributed by atoms with Crippen LogP contribution in [0.1, 0.15) is 10.4 Å². The standard InChI is InChI=1S/C19H14Cl2N2O/c20-16-8-3-9-17(21)18(16)19(24)23-15-7-2-5-13(11-15)12-4-1-6-14(22)10-12/h1-11H,22H2,(H,23,24). The number of nitrogen functional groups attached to an aromatic ring is 1. The molecule has 0 atom stereocenters. The highest BCUT2D eigenvalue weighted by Gasteiger charge is 2.14. The molecule has 5 heteroatoms. The van der Waals surface area contributed by atoms with Crippen LogP contribution in [0.4, 0.5) is 11.4 Å². The number of halogens is 2. The van der Waals surface area contributed by atoms with Crippen molar-refractivity contribution in [3.8, 4) is 11.1 Å². The van der Waals surface area contributed by atoms with E-state index in [9.17, 15) is 4.79 Å². The molecule has 0 saturated heterocycles. The van der Waals surface area contributed by atoms with Crippen LogP contribution in [0.5, 0.6) is 0 Å². The third-order valence-corrected chi connectivity index (χ3v) is 4.16. The molecule has 3 aromatic carbocycles. The van der Waals surface area contributed by atoms with Crippen LogP contribution >= 0.6 is 23.2 Å². The molecule has 1 amide bonds. The van der Waals surface area contributed by atoms with Crippen molar-refractivity contribution in [2.75, 3.05) is 11.1 Å². The first kappa shape index (κ1) is 16.4. The van der Waals surface area contributed by atoms with Gasteiger partial charge in [-0.05, 0) is 47.5 Å². The number of amides is 1. The van der Waals surface area contributed by atoms with Gasteiger partial charge < -0.3 is 11.1 Å². The van der Waals surface area contributed by atoms with E-state index in [1.54, 1.807) is 24.3 Å². The lowest BCUT2D eigenvalue weighted by Crippen LogP contribution is -2.13.